The number of halogens is 1. The van der Waals surface area contributed by atoms with Gasteiger partial charge < -0.3 is 4.98 Å². The van der Waals surface area contributed by atoms with Crippen LogP contribution in [0, 0.1) is 12.7 Å². The van der Waals surface area contributed by atoms with Gasteiger partial charge in [0.1, 0.15) is 5.82 Å². The Labute approximate surface area is 220 Å². The maximum atomic E-state index is 13.6. The van der Waals surface area contributed by atoms with Gasteiger partial charge in [0.25, 0.3) is 5.56 Å². The van der Waals surface area contributed by atoms with E-state index in [4.69, 9.17) is 0 Å². The number of rotatable bonds is 10. The zero-order chi connectivity index (χ0) is 26.5. The van der Waals surface area contributed by atoms with Crippen LogP contribution in [0.1, 0.15) is 47.5 Å². The van der Waals surface area contributed by atoms with Gasteiger partial charge in [-0.3, -0.25) is 9.69 Å². The molecule has 1 atom stereocenters. The smallest absolute Gasteiger partial charge is 0.252 e. The van der Waals surface area contributed by atoms with Crippen molar-refractivity contribution in [3.63, 3.8) is 0 Å². The molecule has 0 spiro atoms. The summed E-state index contributed by atoms with van der Waals surface area (Å²) in [4.78, 5) is 18.4. The average Bonchev–Trinajstić information content (AvgIpc) is 3.38. The van der Waals surface area contributed by atoms with Crippen molar-refractivity contribution in [1.82, 2.24) is 30.1 Å². The minimum absolute atomic E-state index is 0.120. The number of hydrogen-bond acceptors (Lipinski definition) is 5. The lowest BCUT2D eigenvalue weighted by Crippen LogP contribution is -2.32. The predicted molar refractivity (Wildman–Crippen MR) is 146 cm³/mol. The Balaban J connectivity index is 1.47. The Bertz CT molecular complexity index is 1560. The normalized spacial score (nSPS) is 12.3. The van der Waals surface area contributed by atoms with Crippen LogP contribution >= 0.6 is 0 Å². The maximum absolute atomic E-state index is 13.6. The molecule has 8 heteroatoms. The van der Waals surface area contributed by atoms with Gasteiger partial charge in [-0.25, -0.2) is 9.07 Å². The van der Waals surface area contributed by atoms with E-state index >= 15 is 0 Å². The van der Waals surface area contributed by atoms with Crippen molar-refractivity contribution in [3.8, 4) is 0 Å². The van der Waals surface area contributed by atoms with Crippen LogP contribution in [0.15, 0.2) is 83.7 Å². The SMILES string of the molecule is CC[C@H](c1nnnn1CCc1ccccc1)N(Cc1ccc(F)cc1)Cc1cc2ccc(C)cc2[nH]c1=O. The third-order valence-electron chi connectivity index (χ3n) is 6.89. The molecule has 0 fully saturated rings. The van der Waals surface area contributed by atoms with E-state index in [1.54, 1.807) is 12.1 Å². The number of pyridine rings is 1. The first-order valence-electron chi connectivity index (χ1n) is 12.9. The topological polar surface area (TPSA) is 79.7 Å². The van der Waals surface area contributed by atoms with E-state index in [-0.39, 0.29) is 17.4 Å². The molecule has 1 N–H and O–H groups in total. The first-order valence-corrected chi connectivity index (χ1v) is 12.9. The summed E-state index contributed by atoms with van der Waals surface area (Å²) in [5.74, 6) is 0.469. The molecule has 0 amide bonds. The van der Waals surface area contributed by atoms with E-state index < -0.39 is 0 Å². The largest absolute Gasteiger partial charge is 0.322 e. The fraction of sp³-hybridized carbons (Fsp3) is 0.267. The molecule has 0 radical (unpaired) electrons. The molecule has 0 saturated heterocycles. The molecule has 38 heavy (non-hydrogen) atoms. The van der Waals surface area contributed by atoms with E-state index in [2.05, 4.69) is 44.5 Å². The van der Waals surface area contributed by atoms with Crippen LogP contribution in [0.4, 0.5) is 4.39 Å². The summed E-state index contributed by atoms with van der Waals surface area (Å²) >= 11 is 0. The average molecular weight is 511 g/mol. The van der Waals surface area contributed by atoms with E-state index in [1.165, 1.54) is 17.7 Å². The molecule has 5 rings (SSSR count). The Hall–Kier alpha value is -4.17. The van der Waals surface area contributed by atoms with Gasteiger partial charge >= 0.3 is 0 Å². The van der Waals surface area contributed by atoms with Gasteiger partial charge in [0, 0.05) is 30.7 Å². The van der Waals surface area contributed by atoms with Crippen LogP contribution in [0.5, 0.6) is 0 Å². The third kappa shape index (κ3) is 5.86. The summed E-state index contributed by atoms with van der Waals surface area (Å²) in [5, 5.41) is 13.7. The highest BCUT2D eigenvalue weighted by atomic mass is 19.1. The van der Waals surface area contributed by atoms with Crippen molar-refractivity contribution >= 4 is 10.9 Å². The van der Waals surface area contributed by atoms with Crippen LogP contribution in [-0.2, 0) is 26.1 Å². The minimum atomic E-state index is -0.279. The Morgan fingerprint density at radius 1 is 0.974 bits per heavy atom. The van der Waals surface area contributed by atoms with Crippen molar-refractivity contribution in [3.05, 3.63) is 123 Å². The molecule has 5 aromatic rings. The molecular formula is C30H31FN6O. The molecule has 2 heterocycles. The number of fused-ring (bicyclic) bond motifs is 1. The van der Waals surface area contributed by atoms with Crippen molar-refractivity contribution < 1.29 is 4.39 Å². The van der Waals surface area contributed by atoms with Gasteiger partial charge in [0.2, 0.25) is 0 Å². The Kier molecular flexibility index (Phi) is 7.70. The van der Waals surface area contributed by atoms with E-state index in [0.717, 1.165) is 40.7 Å². The molecule has 0 aliphatic rings. The van der Waals surface area contributed by atoms with Crippen LogP contribution in [0.2, 0.25) is 0 Å². The number of aryl methyl sites for hydroxylation is 3. The summed E-state index contributed by atoms with van der Waals surface area (Å²) in [6.07, 6.45) is 1.54. The summed E-state index contributed by atoms with van der Waals surface area (Å²) in [7, 11) is 0. The molecule has 0 aliphatic carbocycles. The number of hydrogen-bond donors (Lipinski definition) is 1. The lowest BCUT2D eigenvalue weighted by Gasteiger charge is -2.30. The highest BCUT2D eigenvalue weighted by molar-refractivity contribution is 5.79. The van der Waals surface area contributed by atoms with Gasteiger partial charge in [0.05, 0.1) is 6.04 Å². The van der Waals surface area contributed by atoms with Crippen molar-refractivity contribution in [2.45, 2.75) is 52.4 Å². The van der Waals surface area contributed by atoms with Crippen LogP contribution in [-0.4, -0.2) is 30.1 Å². The standard InChI is InChI=1S/C30H31FN6O/c1-3-28(29-33-34-35-37(29)16-15-22-7-5-4-6-8-22)36(19-23-10-13-26(31)14-11-23)20-25-18-24-12-9-21(2)17-27(24)32-30(25)38/h4-14,17-18,28H,3,15-16,19-20H2,1-2H3,(H,32,38)/t28-/m1/s1. The van der Waals surface area contributed by atoms with E-state index in [9.17, 15) is 9.18 Å². The number of aromatic nitrogens is 5. The molecule has 0 aliphatic heterocycles. The van der Waals surface area contributed by atoms with Crippen LogP contribution in [0.3, 0.4) is 0 Å². The van der Waals surface area contributed by atoms with Crippen LogP contribution < -0.4 is 5.56 Å². The Morgan fingerprint density at radius 3 is 2.53 bits per heavy atom. The van der Waals surface area contributed by atoms with Crippen molar-refractivity contribution in [2.24, 2.45) is 0 Å². The fourth-order valence-corrected chi connectivity index (χ4v) is 4.89. The summed E-state index contributed by atoms with van der Waals surface area (Å²) in [5.41, 5.74) is 4.60. The quantitative estimate of drug-likeness (QED) is 0.274. The van der Waals surface area contributed by atoms with Gasteiger partial charge in [-0.1, -0.05) is 61.5 Å². The highest BCUT2D eigenvalue weighted by Crippen LogP contribution is 2.27. The first-order chi connectivity index (χ1) is 18.5. The summed E-state index contributed by atoms with van der Waals surface area (Å²) in [6.45, 7) is 5.63. The lowest BCUT2D eigenvalue weighted by atomic mass is 10.1. The van der Waals surface area contributed by atoms with E-state index in [1.807, 2.05) is 54.1 Å². The number of benzene rings is 3. The lowest BCUT2D eigenvalue weighted by molar-refractivity contribution is 0.160. The van der Waals surface area contributed by atoms with Gasteiger partial charge in [-0.15, -0.1) is 5.10 Å². The second-order valence-electron chi connectivity index (χ2n) is 9.67. The molecular weight excluding hydrogens is 479 g/mol. The zero-order valence-corrected chi connectivity index (χ0v) is 21.6. The van der Waals surface area contributed by atoms with Crippen LogP contribution in [0.25, 0.3) is 10.9 Å². The fourth-order valence-electron chi connectivity index (χ4n) is 4.89. The van der Waals surface area contributed by atoms with Crippen molar-refractivity contribution in [1.29, 1.82) is 0 Å². The number of H-pyrrole nitrogens is 1. The highest BCUT2D eigenvalue weighted by Gasteiger charge is 2.26. The van der Waals surface area contributed by atoms with E-state index in [0.29, 0.717) is 25.2 Å². The molecule has 0 saturated carbocycles. The number of aromatic amines is 1. The first kappa shape index (κ1) is 25.5. The summed E-state index contributed by atoms with van der Waals surface area (Å²) < 4.78 is 15.5. The number of nitrogens with one attached hydrogen (secondary N) is 1. The number of nitrogens with zero attached hydrogens (tertiary/aromatic N) is 5. The maximum Gasteiger partial charge on any atom is 0.252 e. The molecule has 194 valence electrons. The molecule has 0 bridgehead atoms. The molecule has 3 aromatic carbocycles. The second kappa shape index (κ2) is 11.5. The molecule has 2 aromatic heterocycles. The summed E-state index contributed by atoms with van der Waals surface area (Å²) in [6, 6.07) is 24.6. The number of tetrazole rings is 1. The van der Waals surface area contributed by atoms with Gasteiger partial charge in [0.15, 0.2) is 5.82 Å². The van der Waals surface area contributed by atoms with Gasteiger partial charge in [-0.05, 0) is 76.5 Å². The minimum Gasteiger partial charge on any atom is -0.322 e. The monoisotopic (exact) mass is 510 g/mol. The Morgan fingerprint density at radius 2 is 1.76 bits per heavy atom. The molecule has 0 unspecified atom stereocenters. The molecule has 7 nitrogen and oxygen atoms in total. The van der Waals surface area contributed by atoms with Gasteiger partial charge in [-0.2, -0.15) is 0 Å². The van der Waals surface area contributed by atoms with Crippen molar-refractivity contribution in [2.75, 3.05) is 0 Å². The zero-order valence-electron chi connectivity index (χ0n) is 21.6. The second-order valence-corrected chi connectivity index (χ2v) is 9.67. The predicted octanol–water partition coefficient (Wildman–Crippen LogP) is 5.36. The third-order valence-corrected chi connectivity index (χ3v) is 6.89.